The first-order valence-electron chi connectivity index (χ1n) is 6.23. The number of ether oxygens (including phenoxy) is 1. The summed E-state index contributed by atoms with van der Waals surface area (Å²) in [6.07, 6.45) is -0.154. The molecular weight excluding hydrogens is 290 g/mol. The van der Waals surface area contributed by atoms with Gasteiger partial charge in [0.05, 0.1) is 24.9 Å². The van der Waals surface area contributed by atoms with Gasteiger partial charge >= 0.3 is 5.97 Å². The molecule has 1 aliphatic heterocycles. The summed E-state index contributed by atoms with van der Waals surface area (Å²) in [6.45, 7) is 4.21. The van der Waals surface area contributed by atoms with Crippen molar-refractivity contribution < 1.29 is 23.1 Å². The van der Waals surface area contributed by atoms with Crippen molar-refractivity contribution in [3.63, 3.8) is 0 Å². The van der Waals surface area contributed by atoms with Gasteiger partial charge in [-0.15, -0.1) is 0 Å². The molecule has 0 bridgehead atoms. The highest BCUT2D eigenvalue weighted by molar-refractivity contribution is 7.99. The van der Waals surface area contributed by atoms with Crippen molar-refractivity contribution in [1.82, 2.24) is 4.31 Å². The van der Waals surface area contributed by atoms with Gasteiger partial charge in [-0.25, -0.2) is 8.42 Å². The lowest BCUT2D eigenvalue weighted by Gasteiger charge is -2.33. The minimum atomic E-state index is -3.44. The Hall–Kier alpha value is -0.310. The molecule has 0 aromatic heterocycles. The van der Waals surface area contributed by atoms with Crippen LogP contribution in [0.2, 0.25) is 0 Å². The molecule has 0 spiro atoms. The Morgan fingerprint density at radius 3 is 2.79 bits per heavy atom. The zero-order chi connectivity index (χ0) is 14.5. The summed E-state index contributed by atoms with van der Waals surface area (Å²) >= 11 is 1.59. The highest BCUT2D eigenvalue weighted by Gasteiger charge is 2.33. The second kappa shape index (κ2) is 7.47. The number of rotatable bonds is 7. The Morgan fingerprint density at radius 2 is 2.21 bits per heavy atom. The number of carbonyl (C=O) groups is 1. The Bertz CT molecular complexity index is 396. The SMILES string of the molecule is CC(C)OCCS(=O)(=O)N1CCSCC1CC(=O)O. The molecule has 1 unspecified atom stereocenters. The van der Waals surface area contributed by atoms with Gasteiger partial charge in [0.1, 0.15) is 0 Å². The van der Waals surface area contributed by atoms with Crippen LogP contribution < -0.4 is 0 Å². The number of carboxylic acids is 1. The minimum absolute atomic E-state index is 0.0121. The molecule has 112 valence electrons. The fourth-order valence-electron chi connectivity index (χ4n) is 1.87. The third kappa shape index (κ3) is 5.68. The standard InChI is InChI=1S/C11H21NO5S2/c1-9(2)17-4-6-19(15,16)12-3-5-18-8-10(12)7-11(13)14/h9-10H,3-8H2,1-2H3,(H,13,14). The highest BCUT2D eigenvalue weighted by Crippen LogP contribution is 2.22. The summed E-state index contributed by atoms with van der Waals surface area (Å²) in [7, 11) is -3.44. The van der Waals surface area contributed by atoms with E-state index >= 15 is 0 Å². The van der Waals surface area contributed by atoms with Gasteiger partial charge in [0.15, 0.2) is 0 Å². The molecule has 19 heavy (non-hydrogen) atoms. The van der Waals surface area contributed by atoms with E-state index in [1.54, 1.807) is 11.8 Å². The molecule has 1 fully saturated rings. The van der Waals surface area contributed by atoms with Crippen LogP contribution in [0.3, 0.4) is 0 Å². The third-order valence-electron chi connectivity index (χ3n) is 2.73. The highest BCUT2D eigenvalue weighted by atomic mass is 32.2. The lowest BCUT2D eigenvalue weighted by atomic mass is 10.2. The van der Waals surface area contributed by atoms with Crippen molar-refractivity contribution in [3.05, 3.63) is 0 Å². The van der Waals surface area contributed by atoms with Crippen LogP contribution in [0.15, 0.2) is 0 Å². The van der Waals surface area contributed by atoms with Crippen molar-refractivity contribution in [2.24, 2.45) is 0 Å². The summed E-state index contributed by atoms with van der Waals surface area (Å²) in [5.74, 6) is 0.189. The molecule has 0 saturated carbocycles. The Labute approximate surface area is 118 Å². The number of carboxylic acid groups (broad SMARTS) is 1. The molecular formula is C11H21NO5S2. The number of hydrogen-bond donors (Lipinski definition) is 1. The molecule has 1 atom stereocenters. The van der Waals surface area contributed by atoms with E-state index < -0.39 is 22.0 Å². The van der Waals surface area contributed by atoms with Crippen LogP contribution in [0.25, 0.3) is 0 Å². The van der Waals surface area contributed by atoms with Crippen LogP contribution in [-0.4, -0.2) is 66.4 Å². The summed E-state index contributed by atoms with van der Waals surface area (Å²) in [5.41, 5.74) is 0. The summed E-state index contributed by atoms with van der Waals surface area (Å²) < 4.78 is 31.0. The van der Waals surface area contributed by atoms with E-state index in [-0.39, 0.29) is 24.9 Å². The van der Waals surface area contributed by atoms with E-state index in [9.17, 15) is 13.2 Å². The number of nitrogens with zero attached hydrogens (tertiary/aromatic N) is 1. The van der Waals surface area contributed by atoms with Gasteiger partial charge in [-0.1, -0.05) is 0 Å². The number of thioether (sulfide) groups is 1. The van der Waals surface area contributed by atoms with E-state index in [1.807, 2.05) is 13.8 Å². The average molecular weight is 311 g/mol. The van der Waals surface area contributed by atoms with Crippen molar-refractivity contribution in [3.8, 4) is 0 Å². The largest absolute Gasteiger partial charge is 0.481 e. The molecule has 1 aliphatic rings. The monoisotopic (exact) mass is 311 g/mol. The molecule has 1 saturated heterocycles. The summed E-state index contributed by atoms with van der Waals surface area (Å²) in [6, 6.07) is -0.444. The topological polar surface area (TPSA) is 83.9 Å². The molecule has 0 amide bonds. The second-order valence-electron chi connectivity index (χ2n) is 4.67. The molecule has 0 radical (unpaired) electrons. The molecule has 6 nitrogen and oxygen atoms in total. The molecule has 0 aromatic carbocycles. The average Bonchev–Trinajstić information content (AvgIpc) is 2.27. The van der Waals surface area contributed by atoms with Crippen LogP contribution in [0.4, 0.5) is 0 Å². The maximum atomic E-state index is 12.2. The molecule has 1 rings (SSSR count). The van der Waals surface area contributed by atoms with Gasteiger partial charge in [-0.2, -0.15) is 16.1 Å². The number of sulfonamides is 1. The van der Waals surface area contributed by atoms with Gasteiger partial charge in [-0.3, -0.25) is 4.79 Å². The second-order valence-corrected chi connectivity index (χ2v) is 7.86. The Kier molecular flexibility index (Phi) is 6.58. The predicted molar refractivity (Wildman–Crippen MR) is 74.9 cm³/mol. The van der Waals surface area contributed by atoms with Gasteiger partial charge in [0.25, 0.3) is 0 Å². The van der Waals surface area contributed by atoms with Gasteiger partial charge in [-0.05, 0) is 13.8 Å². The molecule has 0 aromatic rings. The zero-order valence-electron chi connectivity index (χ0n) is 11.2. The minimum Gasteiger partial charge on any atom is -0.481 e. The third-order valence-corrected chi connectivity index (χ3v) is 5.70. The van der Waals surface area contributed by atoms with Gasteiger partial charge in [0.2, 0.25) is 10.0 Å². The lowest BCUT2D eigenvalue weighted by Crippen LogP contribution is -2.48. The summed E-state index contributed by atoms with van der Waals surface area (Å²) in [5, 5.41) is 8.84. The van der Waals surface area contributed by atoms with E-state index in [0.29, 0.717) is 18.1 Å². The maximum Gasteiger partial charge on any atom is 0.305 e. The number of aliphatic carboxylic acids is 1. The van der Waals surface area contributed by atoms with E-state index in [0.717, 1.165) is 0 Å². The smallest absolute Gasteiger partial charge is 0.305 e. The van der Waals surface area contributed by atoms with Crippen LogP contribution in [0.1, 0.15) is 20.3 Å². The summed E-state index contributed by atoms with van der Waals surface area (Å²) in [4.78, 5) is 10.8. The van der Waals surface area contributed by atoms with Crippen LogP contribution in [0.5, 0.6) is 0 Å². The molecule has 1 heterocycles. The molecule has 1 N–H and O–H groups in total. The first-order valence-corrected chi connectivity index (χ1v) is 9.00. The Morgan fingerprint density at radius 1 is 1.53 bits per heavy atom. The first-order chi connectivity index (χ1) is 8.83. The van der Waals surface area contributed by atoms with Crippen molar-refractivity contribution >= 4 is 27.8 Å². The fraction of sp³-hybridized carbons (Fsp3) is 0.909. The lowest BCUT2D eigenvalue weighted by molar-refractivity contribution is -0.137. The molecule has 8 heteroatoms. The van der Waals surface area contributed by atoms with Crippen molar-refractivity contribution in [1.29, 1.82) is 0 Å². The zero-order valence-corrected chi connectivity index (χ0v) is 12.9. The van der Waals surface area contributed by atoms with E-state index in [1.165, 1.54) is 4.31 Å². The van der Waals surface area contributed by atoms with Gasteiger partial charge < -0.3 is 9.84 Å². The predicted octanol–water partition coefficient (Wildman–Crippen LogP) is 0.633. The van der Waals surface area contributed by atoms with Crippen molar-refractivity contribution in [2.75, 3.05) is 30.4 Å². The van der Waals surface area contributed by atoms with Crippen LogP contribution in [-0.2, 0) is 19.6 Å². The van der Waals surface area contributed by atoms with Gasteiger partial charge in [0, 0.05) is 24.1 Å². The first kappa shape index (κ1) is 16.7. The van der Waals surface area contributed by atoms with Crippen LogP contribution >= 0.6 is 11.8 Å². The normalized spacial score (nSPS) is 21.7. The maximum absolute atomic E-state index is 12.2. The number of hydrogen-bond acceptors (Lipinski definition) is 5. The van der Waals surface area contributed by atoms with E-state index in [2.05, 4.69) is 0 Å². The fourth-order valence-corrected chi connectivity index (χ4v) is 4.66. The Balaban J connectivity index is 2.64. The van der Waals surface area contributed by atoms with Crippen molar-refractivity contribution in [2.45, 2.75) is 32.4 Å². The van der Waals surface area contributed by atoms with E-state index in [4.69, 9.17) is 9.84 Å². The quantitative estimate of drug-likeness (QED) is 0.742. The molecule has 0 aliphatic carbocycles. The van der Waals surface area contributed by atoms with Crippen LogP contribution in [0, 0.1) is 0 Å².